The molecular weight excluding hydrogens is 252 g/mol. The van der Waals surface area contributed by atoms with Gasteiger partial charge in [0.25, 0.3) is 0 Å². The Hall–Kier alpha value is -2.63. The Morgan fingerprint density at radius 1 is 1.15 bits per heavy atom. The van der Waals surface area contributed by atoms with E-state index in [0.29, 0.717) is 17.4 Å². The zero-order valence-electron chi connectivity index (χ0n) is 11.4. The number of fused-ring (bicyclic) bond motifs is 1. The van der Waals surface area contributed by atoms with Gasteiger partial charge in [-0.1, -0.05) is 26.0 Å². The number of H-pyrrole nitrogens is 1. The summed E-state index contributed by atoms with van der Waals surface area (Å²) in [5.41, 5.74) is 9.23. The number of nitrogens with one attached hydrogen (secondary N) is 2. The van der Waals surface area contributed by atoms with Crippen LogP contribution >= 0.6 is 0 Å². The molecule has 0 amide bonds. The smallest absolute Gasteiger partial charge is 0.224 e. The molecule has 6 heteroatoms. The van der Waals surface area contributed by atoms with Gasteiger partial charge in [0.05, 0.1) is 6.33 Å². The second-order valence-electron chi connectivity index (χ2n) is 4.93. The largest absolute Gasteiger partial charge is 0.368 e. The molecule has 20 heavy (non-hydrogen) atoms. The fraction of sp³-hybridized carbons (Fsp3) is 0.214. The summed E-state index contributed by atoms with van der Waals surface area (Å²) >= 11 is 0. The minimum Gasteiger partial charge on any atom is -0.368 e. The van der Waals surface area contributed by atoms with Crippen molar-refractivity contribution < 1.29 is 0 Å². The summed E-state index contributed by atoms with van der Waals surface area (Å²) in [7, 11) is 0. The molecule has 0 saturated heterocycles. The molecule has 0 atom stereocenters. The molecule has 3 aromatic rings. The van der Waals surface area contributed by atoms with E-state index < -0.39 is 0 Å². The van der Waals surface area contributed by atoms with Crippen molar-refractivity contribution in [3.8, 4) is 0 Å². The van der Waals surface area contributed by atoms with Crippen molar-refractivity contribution >= 4 is 28.6 Å². The van der Waals surface area contributed by atoms with Crippen molar-refractivity contribution in [3.63, 3.8) is 0 Å². The number of anilines is 3. The number of aromatic amines is 1. The standard InChI is InChI=1S/C14H16N6/c1-8(2)9-3-5-10(6-4-9)18-13-11-12(17-7-16-11)19-14(15)20-13/h3-8H,1-2H3,(H4,15,16,17,18,19,20). The first-order valence-corrected chi connectivity index (χ1v) is 6.47. The van der Waals surface area contributed by atoms with Gasteiger partial charge in [0.1, 0.15) is 5.52 Å². The third-order valence-electron chi connectivity index (χ3n) is 3.14. The maximum atomic E-state index is 5.69. The summed E-state index contributed by atoms with van der Waals surface area (Å²) in [6.45, 7) is 4.34. The molecule has 2 heterocycles. The molecule has 2 aromatic heterocycles. The van der Waals surface area contributed by atoms with Crippen molar-refractivity contribution in [2.75, 3.05) is 11.1 Å². The Kier molecular flexibility index (Phi) is 2.98. The topological polar surface area (TPSA) is 92.5 Å². The van der Waals surface area contributed by atoms with E-state index in [-0.39, 0.29) is 5.95 Å². The van der Waals surface area contributed by atoms with Crippen LogP contribution in [-0.4, -0.2) is 19.9 Å². The van der Waals surface area contributed by atoms with Crippen molar-refractivity contribution in [2.24, 2.45) is 0 Å². The lowest BCUT2D eigenvalue weighted by molar-refractivity contribution is 0.867. The normalized spacial score (nSPS) is 11.2. The number of hydrogen-bond donors (Lipinski definition) is 3. The second-order valence-corrected chi connectivity index (χ2v) is 4.93. The van der Waals surface area contributed by atoms with Crippen molar-refractivity contribution in [3.05, 3.63) is 36.2 Å². The number of benzene rings is 1. The molecule has 0 unspecified atom stereocenters. The van der Waals surface area contributed by atoms with Gasteiger partial charge in [-0.25, -0.2) is 4.98 Å². The molecule has 0 aliphatic rings. The molecule has 3 rings (SSSR count). The zero-order chi connectivity index (χ0) is 14.1. The lowest BCUT2D eigenvalue weighted by atomic mass is 10.0. The predicted molar refractivity (Wildman–Crippen MR) is 79.9 cm³/mol. The number of hydrogen-bond acceptors (Lipinski definition) is 5. The van der Waals surface area contributed by atoms with Gasteiger partial charge in [-0.3, -0.25) is 0 Å². The maximum Gasteiger partial charge on any atom is 0.224 e. The van der Waals surface area contributed by atoms with Gasteiger partial charge in [0.15, 0.2) is 11.5 Å². The molecule has 4 N–H and O–H groups in total. The third-order valence-corrected chi connectivity index (χ3v) is 3.14. The van der Waals surface area contributed by atoms with Crippen LogP contribution in [0, 0.1) is 0 Å². The predicted octanol–water partition coefficient (Wildman–Crippen LogP) is 2.80. The Morgan fingerprint density at radius 2 is 1.90 bits per heavy atom. The summed E-state index contributed by atoms with van der Waals surface area (Å²) in [4.78, 5) is 15.4. The van der Waals surface area contributed by atoms with Crippen LogP contribution in [0.3, 0.4) is 0 Å². The van der Waals surface area contributed by atoms with Gasteiger partial charge in [-0.05, 0) is 23.6 Å². The fourth-order valence-electron chi connectivity index (χ4n) is 2.03. The molecule has 0 fully saturated rings. The van der Waals surface area contributed by atoms with E-state index in [0.717, 1.165) is 11.2 Å². The first-order valence-electron chi connectivity index (χ1n) is 6.47. The monoisotopic (exact) mass is 268 g/mol. The molecular formula is C14H16N6. The van der Waals surface area contributed by atoms with Crippen LogP contribution < -0.4 is 11.1 Å². The molecule has 0 radical (unpaired) electrons. The van der Waals surface area contributed by atoms with Gasteiger partial charge >= 0.3 is 0 Å². The summed E-state index contributed by atoms with van der Waals surface area (Å²) in [5.74, 6) is 1.34. The summed E-state index contributed by atoms with van der Waals surface area (Å²) in [6.07, 6.45) is 1.58. The second kappa shape index (κ2) is 4.80. The average Bonchev–Trinajstić information content (AvgIpc) is 2.87. The number of nitrogens with zero attached hydrogens (tertiary/aromatic N) is 3. The lowest BCUT2D eigenvalue weighted by Gasteiger charge is -2.09. The van der Waals surface area contributed by atoms with Crippen molar-refractivity contribution in [2.45, 2.75) is 19.8 Å². The highest BCUT2D eigenvalue weighted by atomic mass is 15.1. The fourth-order valence-corrected chi connectivity index (χ4v) is 2.03. The van der Waals surface area contributed by atoms with E-state index in [9.17, 15) is 0 Å². The van der Waals surface area contributed by atoms with Gasteiger partial charge in [0.2, 0.25) is 5.95 Å². The van der Waals surface area contributed by atoms with Crippen LogP contribution in [0.25, 0.3) is 11.2 Å². The Bertz CT molecular complexity index is 729. The molecule has 1 aromatic carbocycles. The molecule has 0 spiro atoms. The van der Waals surface area contributed by atoms with E-state index in [1.54, 1.807) is 6.33 Å². The number of rotatable bonds is 3. The van der Waals surface area contributed by atoms with E-state index in [1.165, 1.54) is 5.56 Å². The van der Waals surface area contributed by atoms with E-state index >= 15 is 0 Å². The first-order chi connectivity index (χ1) is 9.63. The van der Waals surface area contributed by atoms with Gasteiger partial charge in [-0.15, -0.1) is 0 Å². The third kappa shape index (κ3) is 2.27. The molecule has 0 aliphatic carbocycles. The summed E-state index contributed by atoms with van der Waals surface area (Å²) in [5, 5.41) is 3.24. The number of aromatic nitrogens is 4. The lowest BCUT2D eigenvalue weighted by Crippen LogP contribution is -2.01. The Labute approximate surface area is 116 Å². The van der Waals surface area contributed by atoms with Crippen LogP contribution in [-0.2, 0) is 0 Å². The highest BCUT2D eigenvalue weighted by molar-refractivity contribution is 5.85. The SMILES string of the molecule is CC(C)c1ccc(Nc2nc(N)nc3nc[nH]c23)cc1. The minimum absolute atomic E-state index is 0.200. The van der Waals surface area contributed by atoms with Crippen molar-refractivity contribution in [1.29, 1.82) is 0 Å². The van der Waals surface area contributed by atoms with Crippen LogP contribution in [0.5, 0.6) is 0 Å². The maximum absolute atomic E-state index is 5.69. The number of nitrogens with two attached hydrogens (primary N) is 1. The number of imidazole rings is 1. The zero-order valence-corrected chi connectivity index (χ0v) is 11.4. The molecule has 6 nitrogen and oxygen atoms in total. The molecule has 0 aliphatic heterocycles. The Morgan fingerprint density at radius 3 is 2.60 bits per heavy atom. The van der Waals surface area contributed by atoms with Crippen molar-refractivity contribution in [1.82, 2.24) is 19.9 Å². The average molecular weight is 268 g/mol. The quantitative estimate of drug-likeness (QED) is 0.679. The minimum atomic E-state index is 0.200. The summed E-state index contributed by atoms with van der Waals surface area (Å²) in [6, 6.07) is 8.25. The van der Waals surface area contributed by atoms with Gasteiger partial charge in [-0.2, -0.15) is 9.97 Å². The van der Waals surface area contributed by atoms with Crippen LogP contribution in [0.4, 0.5) is 17.5 Å². The molecule has 0 bridgehead atoms. The van der Waals surface area contributed by atoms with Crippen LogP contribution in [0.15, 0.2) is 30.6 Å². The molecule has 102 valence electrons. The number of nitrogen functional groups attached to an aromatic ring is 1. The summed E-state index contributed by atoms with van der Waals surface area (Å²) < 4.78 is 0. The van der Waals surface area contributed by atoms with Crippen LogP contribution in [0.1, 0.15) is 25.3 Å². The van der Waals surface area contributed by atoms with Crippen LogP contribution in [0.2, 0.25) is 0 Å². The Balaban J connectivity index is 1.94. The van der Waals surface area contributed by atoms with Gasteiger partial charge < -0.3 is 16.0 Å². The van der Waals surface area contributed by atoms with Gasteiger partial charge in [0, 0.05) is 5.69 Å². The molecule has 0 saturated carbocycles. The van der Waals surface area contributed by atoms with E-state index in [4.69, 9.17) is 5.73 Å². The highest BCUT2D eigenvalue weighted by Crippen LogP contribution is 2.23. The van der Waals surface area contributed by atoms with E-state index in [2.05, 4.69) is 51.2 Å². The highest BCUT2D eigenvalue weighted by Gasteiger charge is 2.08. The van der Waals surface area contributed by atoms with E-state index in [1.807, 2.05) is 12.1 Å². The first kappa shape index (κ1) is 12.4.